The van der Waals surface area contributed by atoms with Crippen LogP contribution in [0.15, 0.2) is 48.5 Å². The third-order valence-corrected chi connectivity index (χ3v) is 4.04. The molecule has 5 rings (SSSR count). The summed E-state index contributed by atoms with van der Waals surface area (Å²) in [6.45, 7) is 0. The Labute approximate surface area is 155 Å². The molecule has 0 fully saturated rings. The fourth-order valence-electron chi connectivity index (χ4n) is 2.94. The number of nitrogens with one attached hydrogen (secondary N) is 2. The summed E-state index contributed by atoms with van der Waals surface area (Å²) in [5, 5.41) is 0. The average molecular weight is 362 g/mol. The Morgan fingerprint density at radius 2 is 0.840 bits per heavy atom. The number of rotatable bonds is 0. The van der Waals surface area contributed by atoms with Gasteiger partial charge >= 0.3 is 17.4 Å². The van der Waals surface area contributed by atoms with Crippen molar-refractivity contribution < 1.29 is 17.4 Å². The normalized spacial score (nSPS) is 12.2. The van der Waals surface area contributed by atoms with E-state index in [9.17, 15) is 0 Å². The second-order valence-electron chi connectivity index (χ2n) is 5.91. The van der Waals surface area contributed by atoms with Gasteiger partial charge < -0.3 is 9.97 Å². The van der Waals surface area contributed by atoms with Gasteiger partial charge in [0, 0.05) is 22.1 Å². The minimum Gasteiger partial charge on any atom is -0.355 e. The first-order chi connectivity index (χ1) is 11.8. The van der Waals surface area contributed by atoms with Crippen molar-refractivity contribution in [1.82, 2.24) is 19.9 Å². The largest absolute Gasteiger partial charge is 3.00 e. The summed E-state index contributed by atoms with van der Waals surface area (Å²) in [5.41, 5.74) is 7.86. The Morgan fingerprint density at radius 3 is 1.28 bits per heavy atom. The van der Waals surface area contributed by atoms with E-state index in [1.807, 2.05) is 42.5 Å². The molecule has 0 atom stereocenters. The maximum Gasteiger partial charge on any atom is 3.00 e. The number of hydrogen-bond acceptors (Lipinski definition) is 2. The van der Waals surface area contributed by atoms with Crippen LogP contribution in [0.5, 0.6) is 0 Å². The summed E-state index contributed by atoms with van der Waals surface area (Å²) in [7, 11) is 0. The SMILES string of the molecule is C1=Cc2cc3ccc(cc4ccc(cc5nc(cc1n2)C=C5)[nH]4)[nH]3.[Cr+3]. The minimum absolute atomic E-state index is 0. The molecule has 0 saturated carbocycles. The Balaban J connectivity index is 0.00000157. The Morgan fingerprint density at radius 1 is 0.480 bits per heavy atom. The van der Waals surface area contributed by atoms with E-state index in [4.69, 9.17) is 0 Å². The van der Waals surface area contributed by atoms with Crippen molar-refractivity contribution in [3.05, 3.63) is 71.3 Å². The predicted molar refractivity (Wildman–Crippen MR) is 98.9 cm³/mol. The second kappa shape index (κ2) is 6.21. The maximum absolute atomic E-state index is 4.62. The number of hydrogen-bond donors (Lipinski definition) is 2. The fraction of sp³-hybridized carbons (Fsp3) is 0. The molecule has 0 spiro atoms. The van der Waals surface area contributed by atoms with Crippen LogP contribution in [0.2, 0.25) is 0 Å². The van der Waals surface area contributed by atoms with Gasteiger partial charge in [-0.1, -0.05) is 0 Å². The summed E-state index contributed by atoms with van der Waals surface area (Å²) >= 11 is 0. The molecule has 3 aromatic rings. The van der Waals surface area contributed by atoms with E-state index >= 15 is 0 Å². The molecule has 117 valence electrons. The van der Waals surface area contributed by atoms with E-state index in [0.717, 1.165) is 44.8 Å². The van der Waals surface area contributed by atoms with Gasteiger partial charge in [0.2, 0.25) is 0 Å². The van der Waals surface area contributed by atoms with E-state index in [1.165, 1.54) is 0 Å². The molecule has 4 nitrogen and oxygen atoms in total. The summed E-state index contributed by atoms with van der Waals surface area (Å²) in [4.78, 5) is 16.0. The third kappa shape index (κ3) is 3.20. The van der Waals surface area contributed by atoms with Crippen molar-refractivity contribution in [1.29, 1.82) is 0 Å². The average Bonchev–Trinajstić information content (AvgIpc) is 3.32. The van der Waals surface area contributed by atoms with Crippen LogP contribution in [0.4, 0.5) is 0 Å². The number of aromatic nitrogens is 4. The van der Waals surface area contributed by atoms with E-state index in [0.29, 0.717) is 0 Å². The molecule has 0 saturated heterocycles. The van der Waals surface area contributed by atoms with Crippen molar-refractivity contribution in [2.24, 2.45) is 0 Å². The molecule has 8 bridgehead atoms. The van der Waals surface area contributed by atoms with Crippen LogP contribution in [-0.4, -0.2) is 19.9 Å². The first kappa shape index (κ1) is 15.6. The standard InChI is InChI=1S/C20H14N4.Cr/c1-2-14-10-16-5-6-18(23-16)12-20-8-7-19(24-20)11-17-4-3-15(22-17)9-13(1)21-14;/h1-12,21-22H;/q;+3. The van der Waals surface area contributed by atoms with Crippen LogP contribution in [-0.2, 0) is 17.4 Å². The molecular formula is C20H14CrN4+3. The smallest absolute Gasteiger partial charge is 0.355 e. The molecule has 2 N–H and O–H groups in total. The van der Waals surface area contributed by atoms with E-state index in [1.54, 1.807) is 0 Å². The second-order valence-corrected chi connectivity index (χ2v) is 5.91. The van der Waals surface area contributed by atoms with Gasteiger partial charge in [-0.3, -0.25) is 0 Å². The van der Waals surface area contributed by atoms with Crippen LogP contribution in [0, 0.1) is 0 Å². The zero-order valence-corrected chi connectivity index (χ0v) is 14.5. The van der Waals surface area contributed by atoms with Gasteiger partial charge in [-0.05, 0) is 72.8 Å². The zero-order chi connectivity index (χ0) is 15.9. The summed E-state index contributed by atoms with van der Waals surface area (Å²) in [6, 6.07) is 16.4. The maximum atomic E-state index is 4.62. The van der Waals surface area contributed by atoms with Crippen LogP contribution < -0.4 is 0 Å². The fourth-order valence-corrected chi connectivity index (χ4v) is 2.94. The van der Waals surface area contributed by atoms with Gasteiger partial charge in [0.1, 0.15) is 0 Å². The summed E-state index contributed by atoms with van der Waals surface area (Å²) < 4.78 is 0. The van der Waals surface area contributed by atoms with Gasteiger partial charge in [0.05, 0.1) is 22.8 Å². The van der Waals surface area contributed by atoms with Crippen LogP contribution in [0.1, 0.15) is 22.8 Å². The quantitative estimate of drug-likeness (QED) is 0.421. The van der Waals surface area contributed by atoms with Crippen molar-refractivity contribution in [3.63, 3.8) is 0 Å². The van der Waals surface area contributed by atoms with Crippen LogP contribution in [0.3, 0.4) is 0 Å². The van der Waals surface area contributed by atoms with Gasteiger partial charge in [-0.2, -0.15) is 0 Å². The minimum atomic E-state index is 0. The van der Waals surface area contributed by atoms with Crippen molar-refractivity contribution in [2.75, 3.05) is 0 Å². The van der Waals surface area contributed by atoms with E-state index in [-0.39, 0.29) is 17.4 Å². The van der Waals surface area contributed by atoms with Gasteiger partial charge in [-0.15, -0.1) is 0 Å². The first-order valence-electron chi connectivity index (χ1n) is 7.85. The molecule has 5 heteroatoms. The number of H-pyrrole nitrogens is 2. The van der Waals surface area contributed by atoms with Gasteiger partial charge in [0.25, 0.3) is 0 Å². The number of nitrogens with zero attached hydrogens (tertiary/aromatic N) is 2. The van der Waals surface area contributed by atoms with Gasteiger partial charge in [-0.25, -0.2) is 9.97 Å². The molecule has 2 aliphatic rings. The molecule has 0 aromatic carbocycles. The molecule has 0 aliphatic carbocycles. The van der Waals surface area contributed by atoms with E-state index in [2.05, 4.69) is 50.3 Å². The monoisotopic (exact) mass is 362 g/mol. The van der Waals surface area contributed by atoms with Crippen LogP contribution >= 0.6 is 0 Å². The Hall–Kier alpha value is -2.87. The first-order valence-corrected chi connectivity index (χ1v) is 7.85. The molecule has 5 heterocycles. The molecule has 2 aliphatic heterocycles. The topological polar surface area (TPSA) is 57.4 Å². The summed E-state index contributed by atoms with van der Waals surface area (Å²) in [6.07, 6.45) is 8.05. The van der Waals surface area contributed by atoms with E-state index < -0.39 is 0 Å². The molecule has 25 heavy (non-hydrogen) atoms. The van der Waals surface area contributed by atoms with Gasteiger partial charge in [0.15, 0.2) is 0 Å². The van der Waals surface area contributed by atoms with Crippen LogP contribution in [0.25, 0.3) is 46.4 Å². The molecule has 1 radical (unpaired) electrons. The predicted octanol–water partition coefficient (Wildman–Crippen LogP) is 4.65. The Kier molecular flexibility index (Phi) is 3.89. The zero-order valence-electron chi connectivity index (χ0n) is 13.2. The number of aromatic amines is 2. The Bertz CT molecular complexity index is 1080. The molecule has 0 amide bonds. The summed E-state index contributed by atoms with van der Waals surface area (Å²) in [5.74, 6) is 0. The molecule has 0 unspecified atom stereocenters. The van der Waals surface area contributed by atoms with Crippen molar-refractivity contribution in [2.45, 2.75) is 0 Å². The van der Waals surface area contributed by atoms with Crippen molar-refractivity contribution in [3.8, 4) is 0 Å². The molecule has 3 aromatic heterocycles. The van der Waals surface area contributed by atoms with Crippen molar-refractivity contribution >= 4 is 46.4 Å². The molecular weight excluding hydrogens is 348 g/mol. The number of fused-ring (bicyclic) bond motifs is 8. The third-order valence-electron chi connectivity index (χ3n) is 4.04.